The molecule has 1 aliphatic rings. The molecule has 0 spiro atoms. The molecule has 0 bridgehead atoms. The van der Waals surface area contributed by atoms with Gasteiger partial charge in [0.15, 0.2) is 0 Å². The minimum atomic E-state index is 0.152. The van der Waals surface area contributed by atoms with Gasteiger partial charge in [-0.15, -0.1) is 0 Å². The molecule has 1 saturated heterocycles. The Morgan fingerprint density at radius 3 is 2.65 bits per heavy atom. The normalized spacial score (nSPS) is 20.5. The van der Waals surface area contributed by atoms with Gasteiger partial charge in [0, 0.05) is 13.1 Å². The van der Waals surface area contributed by atoms with Gasteiger partial charge in [0.1, 0.15) is 0 Å². The van der Waals surface area contributed by atoms with Crippen molar-refractivity contribution in [3.05, 3.63) is 35.9 Å². The van der Waals surface area contributed by atoms with Crippen molar-refractivity contribution in [1.29, 1.82) is 0 Å². The minimum Gasteiger partial charge on any atom is -0.395 e. The molecule has 3 nitrogen and oxygen atoms in total. The van der Waals surface area contributed by atoms with Crippen LogP contribution in [0.5, 0.6) is 0 Å². The Hall–Kier alpha value is -0.900. The van der Waals surface area contributed by atoms with Crippen LogP contribution in [0.3, 0.4) is 0 Å². The monoisotopic (exact) mass is 237 g/mol. The summed E-state index contributed by atoms with van der Waals surface area (Å²) in [5, 5.41) is 9.22. The lowest BCUT2D eigenvalue weighted by atomic mass is 10.1. The topological polar surface area (TPSA) is 32.7 Å². The first-order valence-corrected chi connectivity index (χ1v) is 6.36. The number of aliphatic hydroxyl groups is 1. The molecule has 0 amide bonds. The first-order valence-electron chi connectivity index (χ1n) is 6.36. The lowest BCUT2D eigenvalue weighted by molar-refractivity contribution is -0.0312. The molecule has 96 valence electrons. The van der Waals surface area contributed by atoms with Gasteiger partial charge < -0.3 is 9.84 Å². The van der Waals surface area contributed by atoms with E-state index < -0.39 is 0 Å². The van der Waals surface area contributed by atoms with Crippen molar-refractivity contribution in [2.75, 3.05) is 26.4 Å². The van der Waals surface area contributed by atoms with Gasteiger partial charge in [-0.1, -0.05) is 44.2 Å². The van der Waals surface area contributed by atoms with Gasteiger partial charge in [-0.2, -0.15) is 0 Å². The summed E-state index contributed by atoms with van der Waals surface area (Å²) in [6.07, 6.45) is 0. The Balaban J connectivity index is 0.000000686. The Kier molecular flexibility index (Phi) is 6.86. The summed E-state index contributed by atoms with van der Waals surface area (Å²) in [6.45, 7) is 7.38. The first-order chi connectivity index (χ1) is 8.40. The number of aliphatic hydroxyl groups excluding tert-OH is 1. The summed E-state index contributed by atoms with van der Waals surface area (Å²) < 4.78 is 5.34. The van der Waals surface area contributed by atoms with Crippen LogP contribution in [0, 0.1) is 0 Å². The summed E-state index contributed by atoms with van der Waals surface area (Å²) in [6, 6.07) is 10.5. The predicted molar refractivity (Wildman–Crippen MR) is 69.9 cm³/mol. The van der Waals surface area contributed by atoms with E-state index in [9.17, 15) is 5.11 Å². The molecule has 0 aliphatic carbocycles. The van der Waals surface area contributed by atoms with Crippen molar-refractivity contribution >= 4 is 0 Å². The molecule has 0 saturated carbocycles. The molecule has 0 aromatic heterocycles. The average Bonchev–Trinajstić information content (AvgIpc) is 2.43. The summed E-state index contributed by atoms with van der Waals surface area (Å²) >= 11 is 0. The van der Waals surface area contributed by atoms with Crippen molar-refractivity contribution in [2.24, 2.45) is 0 Å². The molecule has 1 unspecified atom stereocenters. The van der Waals surface area contributed by atoms with Gasteiger partial charge in [-0.25, -0.2) is 0 Å². The van der Waals surface area contributed by atoms with Crippen LogP contribution in [-0.4, -0.2) is 42.4 Å². The van der Waals surface area contributed by atoms with Crippen LogP contribution in [0.4, 0.5) is 0 Å². The maximum Gasteiger partial charge on any atom is 0.0644 e. The van der Waals surface area contributed by atoms with E-state index in [1.54, 1.807) is 0 Å². The summed E-state index contributed by atoms with van der Waals surface area (Å²) in [4.78, 5) is 2.28. The largest absolute Gasteiger partial charge is 0.395 e. The van der Waals surface area contributed by atoms with Gasteiger partial charge in [-0.05, 0) is 5.56 Å². The summed E-state index contributed by atoms with van der Waals surface area (Å²) in [5.41, 5.74) is 1.29. The molecule has 1 aromatic carbocycles. The third-order valence-electron chi connectivity index (χ3n) is 2.79. The van der Waals surface area contributed by atoms with Crippen molar-refractivity contribution < 1.29 is 9.84 Å². The van der Waals surface area contributed by atoms with E-state index in [0.29, 0.717) is 6.61 Å². The lowest BCUT2D eigenvalue weighted by Crippen LogP contribution is -2.46. The molecular formula is C14H23NO2. The van der Waals surface area contributed by atoms with E-state index in [0.717, 1.165) is 19.7 Å². The molecule has 1 aliphatic heterocycles. The second-order valence-corrected chi connectivity index (χ2v) is 3.87. The van der Waals surface area contributed by atoms with Crippen molar-refractivity contribution in [3.63, 3.8) is 0 Å². The number of ether oxygens (including phenoxy) is 1. The maximum absolute atomic E-state index is 9.22. The molecule has 1 N–H and O–H groups in total. The lowest BCUT2D eigenvalue weighted by Gasteiger charge is -2.34. The fourth-order valence-electron chi connectivity index (χ4n) is 1.88. The Bertz CT molecular complexity index is 290. The number of rotatable bonds is 3. The van der Waals surface area contributed by atoms with Crippen molar-refractivity contribution in [2.45, 2.75) is 26.4 Å². The molecule has 1 aromatic rings. The Morgan fingerprint density at radius 1 is 1.29 bits per heavy atom. The molecule has 1 heterocycles. The fourth-order valence-corrected chi connectivity index (χ4v) is 1.88. The Morgan fingerprint density at radius 2 is 2.00 bits per heavy atom. The van der Waals surface area contributed by atoms with Crippen LogP contribution in [-0.2, 0) is 11.3 Å². The average molecular weight is 237 g/mol. The molecular weight excluding hydrogens is 214 g/mol. The van der Waals surface area contributed by atoms with E-state index in [-0.39, 0.29) is 12.6 Å². The van der Waals surface area contributed by atoms with Gasteiger partial charge >= 0.3 is 0 Å². The molecule has 2 rings (SSSR count). The summed E-state index contributed by atoms with van der Waals surface area (Å²) in [7, 11) is 0. The third-order valence-corrected chi connectivity index (χ3v) is 2.79. The quantitative estimate of drug-likeness (QED) is 0.871. The van der Waals surface area contributed by atoms with E-state index >= 15 is 0 Å². The smallest absolute Gasteiger partial charge is 0.0644 e. The molecule has 3 heteroatoms. The van der Waals surface area contributed by atoms with Gasteiger partial charge in [-0.3, -0.25) is 4.90 Å². The zero-order chi connectivity index (χ0) is 12.5. The number of hydrogen-bond donors (Lipinski definition) is 1. The minimum absolute atomic E-state index is 0.152. The maximum atomic E-state index is 9.22. The van der Waals surface area contributed by atoms with Crippen LogP contribution >= 0.6 is 0 Å². The van der Waals surface area contributed by atoms with E-state index in [1.165, 1.54) is 5.56 Å². The zero-order valence-electron chi connectivity index (χ0n) is 10.8. The highest BCUT2D eigenvalue weighted by atomic mass is 16.5. The highest BCUT2D eigenvalue weighted by Gasteiger charge is 2.21. The highest BCUT2D eigenvalue weighted by molar-refractivity contribution is 5.14. The Labute approximate surface area is 104 Å². The number of benzene rings is 1. The van der Waals surface area contributed by atoms with Gasteiger partial charge in [0.05, 0.1) is 25.9 Å². The molecule has 1 atom stereocenters. The van der Waals surface area contributed by atoms with Crippen LogP contribution in [0.15, 0.2) is 30.3 Å². The van der Waals surface area contributed by atoms with E-state index in [1.807, 2.05) is 32.0 Å². The van der Waals surface area contributed by atoms with Crippen LogP contribution in [0.1, 0.15) is 19.4 Å². The van der Waals surface area contributed by atoms with Crippen molar-refractivity contribution in [1.82, 2.24) is 4.90 Å². The molecule has 1 fully saturated rings. The highest BCUT2D eigenvalue weighted by Crippen LogP contribution is 2.11. The summed E-state index contributed by atoms with van der Waals surface area (Å²) in [5.74, 6) is 0. The van der Waals surface area contributed by atoms with Crippen LogP contribution in [0.25, 0.3) is 0 Å². The second-order valence-electron chi connectivity index (χ2n) is 3.87. The third kappa shape index (κ3) is 4.46. The number of hydrogen-bond acceptors (Lipinski definition) is 3. The predicted octanol–water partition coefficient (Wildman–Crippen LogP) is 1.91. The molecule has 0 radical (unpaired) electrons. The van der Waals surface area contributed by atoms with Gasteiger partial charge in [0.2, 0.25) is 0 Å². The zero-order valence-corrected chi connectivity index (χ0v) is 10.8. The van der Waals surface area contributed by atoms with Gasteiger partial charge in [0.25, 0.3) is 0 Å². The van der Waals surface area contributed by atoms with E-state index in [4.69, 9.17) is 4.74 Å². The van der Waals surface area contributed by atoms with Crippen LogP contribution < -0.4 is 0 Å². The fraction of sp³-hybridized carbons (Fsp3) is 0.571. The first kappa shape index (κ1) is 14.2. The van der Waals surface area contributed by atoms with E-state index in [2.05, 4.69) is 17.0 Å². The van der Waals surface area contributed by atoms with Crippen LogP contribution in [0.2, 0.25) is 0 Å². The molecule has 17 heavy (non-hydrogen) atoms. The number of morpholine rings is 1. The number of nitrogens with zero attached hydrogens (tertiary/aromatic N) is 1. The SMILES string of the molecule is CC.OCC1COCCN1Cc1ccccc1. The standard InChI is InChI=1S/C12H17NO2.C2H6/c14-9-12-10-15-7-6-13(12)8-11-4-2-1-3-5-11;1-2/h1-5,12,14H,6-10H2;1-2H3. The second kappa shape index (κ2) is 8.23. The van der Waals surface area contributed by atoms with Crippen molar-refractivity contribution in [3.8, 4) is 0 Å².